The summed E-state index contributed by atoms with van der Waals surface area (Å²) in [5.41, 5.74) is 1.82. The Morgan fingerprint density at radius 2 is 1.88 bits per heavy atom. The molecule has 0 radical (unpaired) electrons. The lowest BCUT2D eigenvalue weighted by molar-refractivity contribution is 0.0772. The molecule has 1 amide bonds. The zero-order valence-corrected chi connectivity index (χ0v) is 10.6. The Kier molecular flexibility index (Phi) is 5.33. The smallest absolute Gasteiger partial charge is 0.254 e. The Morgan fingerprint density at radius 3 is 2.44 bits per heavy atom. The van der Waals surface area contributed by atoms with Crippen molar-refractivity contribution in [3.05, 3.63) is 35.4 Å². The molecule has 1 aromatic rings. The third-order valence-electron chi connectivity index (χ3n) is 2.66. The van der Waals surface area contributed by atoms with Crippen LogP contribution in [0.5, 0.6) is 0 Å². The van der Waals surface area contributed by atoms with Crippen LogP contribution in [0, 0.1) is 0 Å². The SMILES string of the molecule is CCN(CC)C(=O)c1ccccc1CCCl. The lowest BCUT2D eigenvalue weighted by Crippen LogP contribution is -2.31. The summed E-state index contributed by atoms with van der Waals surface area (Å²) in [6.07, 6.45) is 0.741. The quantitative estimate of drug-likeness (QED) is 0.724. The van der Waals surface area contributed by atoms with Crippen LogP contribution in [0.2, 0.25) is 0 Å². The van der Waals surface area contributed by atoms with E-state index in [2.05, 4.69) is 0 Å². The molecule has 0 atom stereocenters. The van der Waals surface area contributed by atoms with Gasteiger partial charge in [0, 0.05) is 24.5 Å². The normalized spacial score (nSPS) is 10.2. The second-order valence-electron chi connectivity index (χ2n) is 3.57. The Labute approximate surface area is 102 Å². The minimum atomic E-state index is 0.103. The molecular formula is C13H18ClNO. The second-order valence-corrected chi connectivity index (χ2v) is 3.95. The Morgan fingerprint density at radius 1 is 1.25 bits per heavy atom. The number of benzene rings is 1. The zero-order valence-electron chi connectivity index (χ0n) is 9.87. The van der Waals surface area contributed by atoms with E-state index in [0.29, 0.717) is 5.88 Å². The number of alkyl halides is 1. The van der Waals surface area contributed by atoms with Crippen LogP contribution in [0.15, 0.2) is 24.3 Å². The number of carbonyl (C=O) groups excluding carboxylic acids is 1. The molecule has 1 aromatic carbocycles. The van der Waals surface area contributed by atoms with Crippen molar-refractivity contribution in [2.75, 3.05) is 19.0 Å². The van der Waals surface area contributed by atoms with Gasteiger partial charge in [0.1, 0.15) is 0 Å². The van der Waals surface area contributed by atoms with Crippen molar-refractivity contribution in [2.24, 2.45) is 0 Å². The summed E-state index contributed by atoms with van der Waals surface area (Å²) in [7, 11) is 0. The monoisotopic (exact) mass is 239 g/mol. The van der Waals surface area contributed by atoms with Crippen molar-refractivity contribution in [3.8, 4) is 0 Å². The van der Waals surface area contributed by atoms with E-state index in [1.54, 1.807) is 0 Å². The van der Waals surface area contributed by atoms with Crippen molar-refractivity contribution in [2.45, 2.75) is 20.3 Å². The van der Waals surface area contributed by atoms with Gasteiger partial charge in [-0.3, -0.25) is 4.79 Å². The van der Waals surface area contributed by atoms with E-state index in [1.807, 2.05) is 43.0 Å². The van der Waals surface area contributed by atoms with Gasteiger partial charge in [0.25, 0.3) is 5.91 Å². The Balaban J connectivity index is 2.97. The van der Waals surface area contributed by atoms with Crippen molar-refractivity contribution < 1.29 is 4.79 Å². The number of hydrogen-bond donors (Lipinski definition) is 0. The molecule has 0 aliphatic heterocycles. The highest BCUT2D eigenvalue weighted by atomic mass is 35.5. The van der Waals surface area contributed by atoms with Gasteiger partial charge in [-0.1, -0.05) is 18.2 Å². The first kappa shape index (κ1) is 13.0. The fourth-order valence-electron chi connectivity index (χ4n) is 1.73. The standard InChI is InChI=1S/C13H18ClNO/c1-3-15(4-2)13(16)12-8-6-5-7-11(12)9-10-14/h5-8H,3-4,9-10H2,1-2H3. The predicted octanol–water partition coefficient (Wildman–Crippen LogP) is 2.95. The summed E-state index contributed by atoms with van der Waals surface area (Å²) in [4.78, 5) is 14.0. The lowest BCUT2D eigenvalue weighted by atomic mass is 10.0. The third-order valence-corrected chi connectivity index (χ3v) is 2.85. The minimum absolute atomic E-state index is 0.103. The van der Waals surface area contributed by atoms with Gasteiger partial charge < -0.3 is 4.90 Å². The maximum Gasteiger partial charge on any atom is 0.254 e. The number of hydrogen-bond acceptors (Lipinski definition) is 1. The van der Waals surface area contributed by atoms with Crippen LogP contribution < -0.4 is 0 Å². The molecule has 0 saturated heterocycles. The molecule has 0 aromatic heterocycles. The largest absolute Gasteiger partial charge is 0.339 e. The molecule has 2 nitrogen and oxygen atoms in total. The van der Waals surface area contributed by atoms with E-state index in [1.165, 1.54) is 0 Å². The van der Waals surface area contributed by atoms with Gasteiger partial charge in [-0.15, -0.1) is 11.6 Å². The fraction of sp³-hybridized carbons (Fsp3) is 0.462. The fourth-order valence-corrected chi connectivity index (χ4v) is 1.93. The number of nitrogens with zero attached hydrogens (tertiary/aromatic N) is 1. The van der Waals surface area contributed by atoms with Gasteiger partial charge in [-0.25, -0.2) is 0 Å². The molecular weight excluding hydrogens is 222 g/mol. The molecule has 0 spiro atoms. The summed E-state index contributed by atoms with van der Waals surface area (Å²) < 4.78 is 0. The van der Waals surface area contributed by atoms with Gasteiger partial charge in [0.05, 0.1) is 0 Å². The topological polar surface area (TPSA) is 20.3 Å². The predicted molar refractivity (Wildman–Crippen MR) is 68.1 cm³/mol. The summed E-state index contributed by atoms with van der Waals surface area (Å²) in [5, 5.41) is 0. The van der Waals surface area contributed by atoms with Crippen LogP contribution in [0.1, 0.15) is 29.8 Å². The molecule has 1 rings (SSSR count). The van der Waals surface area contributed by atoms with Gasteiger partial charge in [-0.2, -0.15) is 0 Å². The summed E-state index contributed by atoms with van der Waals surface area (Å²) in [5.74, 6) is 0.647. The highest BCUT2D eigenvalue weighted by Crippen LogP contribution is 2.13. The number of aryl methyl sites for hydroxylation is 1. The van der Waals surface area contributed by atoms with E-state index in [0.717, 1.165) is 30.6 Å². The van der Waals surface area contributed by atoms with E-state index in [-0.39, 0.29) is 5.91 Å². The van der Waals surface area contributed by atoms with E-state index in [9.17, 15) is 4.79 Å². The first-order valence-corrected chi connectivity index (χ1v) is 6.21. The van der Waals surface area contributed by atoms with E-state index in [4.69, 9.17) is 11.6 Å². The molecule has 0 aliphatic rings. The first-order valence-electron chi connectivity index (χ1n) is 5.67. The molecule has 0 unspecified atom stereocenters. The zero-order chi connectivity index (χ0) is 12.0. The van der Waals surface area contributed by atoms with Crippen LogP contribution >= 0.6 is 11.6 Å². The molecule has 88 valence electrons. The molecule has 16 heavy (non-hydrogen) atoms. The maximum atomic E-state index is 12.2. The van der Waals surface area contributed by atoms with Crippen molar-refractivity contribution >= 4 is 17.5 Å². The third kappa shape index (κ3) is 2.99. The highest BCUT2D eigenvalue weighted by molar-refractivity contribution is 6.18. The molecule has 0 fully saturated rings. The average molecular weight is 240 g/mol. The van der Waals surface area contributed by atoms with Crippen molar-refractivity contribution in [1.82, 2.24) is 4.90 Å². The van der Waals surface area contributed by atoms with Gasteiger partial charge >= 0.3 is 0 Å². The Bertz CT molecular complexity index is 348. The summed E-state index contributed by atoms with van der Waals surface area (Å²) in [6, 6.07) is 7.69. The number of rotatable bonds is 5. The van der Waals surface area contributed by atoms with Crippen molar-refractivity contribution in [1.29, 1.82) is 0 Å². The minimum Gasteiger partial charge on any atom is -0.339 e. The molecule has 0 heterocycles. The number of halogens is 1. The molecule has 0 bridgehead atoms. The van der Waals surface area contributed by atoms with Gasteiger partial charge in [0.15, 0.2) is 0 Å². The van der Waals surface area contributed by atoms with Crippen molar-refractivity contribution in [3.63, 3.8) is 0 Å². The van der Waals surface area contributed by atoms with Crippen LogP contribution in [-0.2, 0) is 6.42 Å². The summed E-state index contributed by atoms with van der Waals surface area (Å²) in [6.45, 7) is 5.46. The van der Waals surface area contributed by atoms with Gasteiger partial charge in [0.2, 0.25) is 0 Å². The molecule has 0 N–H and O–H groups in total. The molecule has 0 saturated carbocycles. The Hall–Kier alpha value is -1.02. The number of carbonyl (C=O) groups is 1. The maximum absolute atomic E-state index is 12.2. The van der Waals surface area contributed by atoms with Gasteiger partial charge in [-0.05, 0) is 31.9 Å². The summed E-state index contributed by atoms with van der Waals surface area (Å²) >= 11 is 5.74. The van der Waals surface area contributed by atoms with E-state index >= 15 is 0 Å². The van der Waals surface area contributed by atoms with Crippen LogP contribution in [0.3, 0.4) is 0 Å². The van der Waals surface area contributed by atoms with Crippen LogP contribution in [0.4, 0.5) is 0 Å². The lowest BCUT2D eigenvalue weighted by Gasteiger charge is -2.20. The highest BCUT2D eigenvalue weighted by Gasteiger charge is 2.15. The van der Waals surface area contributed by atoms with E-state index < -0.39 is 0 Å². The molecule has 0 aliphatic carbocycles. The molecule has 3 heteroatoms. The first-order chi connectivity index (χ1) is 7.74. The average Bonchev–Trinajstić information content (AvgIpc) is 2.31. The van der Waals surface area contributed by atoms with Crippen LogP contribution in [0.25, 0.3) is 0 Å². The van der Waals surface area contributed by atoms with Crippen LogP contribution in [-0.4, -0.2) is 29.8 Å². The number of amides is 1. The second kappa shape index (κ2) is 6.54.